The lowest BCUT2D eigenvalue weighted by atomic mass is 10.1. The molecule has 2 nitrogen and oxygen atoms in total. The second-order valence-electron chi connectivity index (χ2n) is 3.81. The number of hydrogen-bond acceptors (Lipinski definition) is 1. The van der Waals surface area contributed by atoms with Gasteiger partial charge in [-0.3, -0.25) is 4.79 Å². The van der Waals surface area contributed by atoms with Gasteiger partial charge in [0.1, 0.15) is 0 Å². The molecule has 18 heavy (non-hydrogen) atoms. The molecule has 0 saturated carbocycles. The summed E-state index contributed by atoms with van der Waals surface area (Å²) in [5.74, 6) is -2.41. The molecule has 2 aromatic carbocycles. The van der Waals surface area contributed by atoms with Crippen LogP contribution in [-0.4, -0.2) is 5.91 Å². The van der Waals surface area contributed by atoms with Gasteiger partial charge in [0.2, 0.25) is 5.91 Å². The van der Waals surface area contributed by atoms with Gasteiger partial charge in [-0.1, -0.05) is 36.4 Å². The molecule has 0 unspecified atom stereocenters. The van der Waals surface area contributed by atoms with E-state index in [9.17, 15) is 13.6 Å². The number of nitrogens with one attached hydrogen (secondary N) is 1. The maximum Gasteiger partial charge on any atom is 0.228 e. The van der Waals surface area contributed by atoms with Gasteiger partial charge in [-0.25, -0.2) is 8.78 Å². The van der Waals surface area contributed by atoms with Gasteiger partial charge in [-0.05, 0) is 17.7 Å². The van der Waals surface area contributed by atoms with Crippen molar-refractivity contribution in [2.24, 2.45) is 0 Å². The van der Waals surface area contributed by atoms with E-state index in [1.165, 1.54) is 12.1 Å². The molecule has 0 bridgehead atoms. The summed E-state index contributed by atoms with van der Waals surface area (Å²) in [4.78, 5) is 11.6. The highest BCUT2D eigenvalue weighted by molar-refractivity contribution is 5.92. The van der Waals surface area contributed by atoms with Crippen LogP contribution >= 0.6 is 0 Å². The predicted octanol–water partition coefficient (Wildman–Crippen LogP) is 3.15. The molecule has 1 amide bonds. The van der Waals surface area contributed by atoms with E-state index in [0.717, 1.165) is 11.6 Å². The van der Waals surface area contributed by atoms with Crippen molar-refractivity contribution < 1.29 is 13.6 Å². The summed E-state index contributed by atoms with van der Waals surface area (Å²) in [7, 11) is 0. The zero-order chi connectivity index (χ0) is 13.0. The molecule has 0 radical (unpaired) electrons. The van der Waals surface area contributed by atoms with Crippen LogP contribution in [0.15, 0.2) is 48.5 Å². The average molecular weight is 247 g/mol. The lowest BCUT2D eigenvalue weighted by molar-refractivity contribution is -0.115. The molecule has 4 heteroatoms. The first kappa shape index (κ1) is 12.2. The third-order valence-corrected chi connectivity index (χ3v) is 2.43. The molecule has 0 saturated heterocycles. The highest BCUT2D eigenvalue weighted by atomic mass is 19.2. The Labute approximate surface area is 103 Å². The van der Waals surface area contributed by atoms with Gasteiger partial charge in [0.15, 0.2) is 11.6 Å². The summed E-state index contributed by atoms with van der Waals surface area (Å²) in [6.07, 6.45) is 0.122. The van der Waals surface area contributed by atoms with E-state index < -0.39 is 11.6 Å². The van der Waals surface area contributed by atoms with E-state index in [2.05, 4.69) is 5.32 Å². The minimum absolute atomic E-state index is 0.122. The van der Waals surface area contributed by atoms with Crippen molar-refractivity contribution in [3.8, 4) is 0 Å². The number of carbonyl (C=O) groups is 1. The van der Waals surface area contributed by atoms with E-state index in [1.54, 1.807) is 12.1 Å². The van der Waals surface area contributed by atoms with Gasteiger partial charge < -0.3 is 5.32 Å². The van der Waals surface area contributed by atoms with Gasteiger partial charge in [-0.2, -0.15) is 0 Å². The molecule has 0 atom stereocenters. The van der Waals surface area contributed by atoms with Gasteiger partial charge in [0.25, 0.3) is 0 Å². The first-order valence-electron chi connectivity index (χ1n) is 5.44. The summed E-state index contributed by atoms with van der Waals surface area (Å²) in [5, 5.41) is 2.35. The van der Waals surface area contributed by atoms with E-state index in [4.69, 9.17) is 0 Å². The van der Waals surface area contributed by atoms with Crippen LogP contribution in [0.4, 0.5) is 14.5 Å². The van der Waals surface area contributed by atoms with Crippen LogP contribution < -0.4 is 5.32 Å². The molecule has 2 rings (SSSR count). The minimum Gasteiger partial charge on any atom is -0.323 e. The van der Waals surface area contributed by atoms with E-state index in [-0.39, 0.29) is 18.0 Å². The van der Waals surface area contributed by atoms with Gasteiger partial charge in [0.05, 0.1) is 12.1 Å². The minimum atomic E-state index is -1.04. The van der Waals surface area contributed by atoms with Crippen molar-refractivity contribution in [1.29, 1.82) is 0 Å². The third-order valence-electron chi connectivity index (χ3n) is 2.43. The molecule has 2 aromatic rings. The molecule has 0 fully saturated rings. The number of hydrogen-bond donors (Lipinski definition) is 1. The van der Waals surface area contributed by atoms with Crippen molar-refractivity contribution in [2.45, 2.75) is 6.42 Å². The lowest BCUT2D eigenvalue weighted by Gasteiger charge is -2.06. The van der Waals surface area contributed by atoms with Crippen molar-refractivity contribution in [3.63, 3.8) is 0 Å². The van der Waals surface area contributed by atoms with Gasteiger partial charge in [0, 0.05) is 0 Å². The lowest BCUT2D eigenvalue weighted by Crippen LogP contribution is -2.15. The fraction of sp³-hybridized carbons (Fsp3) is 0.0714. The van der Waals surface area contributed by atoms with Crippen LogP contribution in [0.3, 0.4) is 0 Å². The molecule has 0 aliphatic rings. The molecule has 0 spiro atoms. The van der Waals surface area contributed by atoms with E-state index >= 15 is 0 Å². The second-order valence-corrected chi connectivity index (χ2v) is 3.81. The summed E-state index contributed by atoms with van der Waals surface area (Å²) in [6.45, 7) is 0. The van der Waals surface area contributed by atoms with E-state index in [0.29, 0.717) is 0 Å². The predicted molar refractivity (Wildman–Crippen MR) is 65.1 cm³/mol. The fourth-order valence-electron chi connectivity index (χ4n) is 1.58. The molecule has 0 aliphatic heterocycles. The quantitative estimate of drug-likeness (QED) is 0.886. The molecule has 0 heterocycles. The normalized spacial score (nSPS) is 10.1. The van der Waals surface area contributed by atoms with Gasteiger partial charge >= 0.3 is 0 Å². The zero-order valence-electron chi connectivity index (χ0n) is 9.49. The molecule has 1 N–H and O–H groups in total. The second kappa shape index (κ2) is 5.40. The highest BCUT2D eigenvalue weighted by Gasteiger charge is 2.10. The van der Waals surface area contributed by atoms with Gasteiger partial charge in [-0.15, -0.1) is 0 Å². The van der Waals surface area contributed by atoms with Crippen LogP contribution in [-0.2, 0) is 11.2 Å². The van der Waals surface area contributed by atoms with Crippen LogP contribution in [0, 0.1) is 11.6 Å². The Morgan fingerprint density at radius 2 is 1.72 bits per heavy atom. The Morgan fingerprint density at radius 3 is 2.44 bits per heavy atom. The van der Waals surface area contributed by atoms with Crippen molar-refractivity contribution in [3.05, 3.63) is 65.7 Å². The number of halogens is 2. The number of amides is 1. The number of benzene rings is 2. The Morgan fingerprint density at radius 1 is 1.00 bits per heavy atom. The largest absolute Gasteiger partial charge is 0.323 e. The summed E-state index contributed by atoms with van der Waals surface area (Å²) < 4.78 is 26.2. The SMILES string of the molecule is O=C(Cc1ccccc1)Nc1cccc(F)c1F. The first-order chi connectivity index (χ1) is 8.66. The molecule has 0 aliphatic carbocycles. The van der Waals surface area contributed by atoms with Crippen molar-refractivity contribution in [2.75, 3.05) is 5.32 Å². The summed E-state index contributed by atoms with van der Waals surface area (Å²) >= 11 is 0. The van der Waals surface area contributed by atoms with Crippen molar-refractivity contribution in [1.82, 2.24) is 0 Å². The van der Waals surface area contributed by atoms with E-state index in [1.807, 2.05) is 18.2 Å². The Balaban J connectivity index is 2.06. The summed E-state index contributed by atoms with van der Waals surface area (Å²) in [5.41, 5.74) is 0.669. The van der Waals surface area contributed by atoms with Crippen LogP contribution in [0.1, 0.15) is 5.56 Å². The Kier molecular flexibility index (Phi) is 3.67. The number of rotatable bonds is 3. The fourth-order valence-corrected chi connectivity index (χ4v) is 1.58. The molecule has 0 aromatic heterocycles. The molecular weight excluding hydrogens is 236 g/mol. The molecule has 92 valence electrons. The number of anilines is 1. The summed E-state index contributed by atoms with van der Waals surface area (Å²) in [6, 6.07) is 12.7. The zero-order valence-corrected chi connectivity index (χ0v) is 9.49. The van der Waals surface area contributed by atoms with Crippen LogP contribution in [0.5, 0.6) is 0 Å². The first-order valence-corrected chi connectivity index (χ1v) is 5.44. The number of carbonyl (C=O) groups excluding carboxylic acids is 1. The highest BCUT2D eigenvalue weighted by Crippen LogP contribution is 2.16. The maximum absolute atomic E-state index is 13.3. The third kappa shape index (κ3) is 2.91. The maximum atomic E-state index is 13.3. The standard InChI is InChI=1S/C14H11F2NO/c15-11-7-4-8-12(14(11)16)17-13(18)9-10-5-2-1-3-6-10/h1-8H,9H2,(H,17,18). The van der Waals surface area contributed by atoms with Crippen LogP contribution in [0.2, 0.25) is 0 Å². The Bertz CT molecular complexity index is 555. The topological polar surface area (TPSA) is 29.1 Å². The monoisotopic (exact) mass is 247 g/mol. The Hall–Kier alpha value is -2.23. The van der Waals surface area contributed by atoms with Crippen LogP contribution in [0.25, 0.3) is 0 Å². The smallest absolute Gasteiger partial charge is 0.228 e. The molecular formula is C14H11F2NO. The van der Waals surface area contributed by atoms with Crippen molar-refractivity contribution >= 4 is 11.6 Å². The average Bonchev–Trinajstić information content (AvgIpc) is 2.36.